The lowest BCUT2D eigenvalue weighted by Crippen LogP contribution is -2.45. The topological polar surface area (TPSA) is 80.0 Å². The number of hydrogen-bond donors (Lipinski definition) is 2. The lowest BCUT2D eigenvalue weighted by atomic mass is 10.0. The van der Waals surface area contributed by atoms with Crippen LogP contribution in [0, 0.1) is 6.92 Å². The number of halogens is 1. The maximum absolute atomic E-state index is 12.5. The number of amides is 1. The highest BCUT2D eigenvalue weighted by atomic mass is 35.5. The van der Waals surface area contributed by atoms with Gasteiger partial charge >= 0.3 is 0 Å². The second-order valence-corrected chi connectivity index (χ2v) is 5.21. The molecule has 118 valence electrons. The lowest BCUT2D eigenvalue weighted by Gasteiger charge is -2.24. The van der Waals surface area contributed by atoms with Gasteiger partial charge in [0, 0.05) is 12.6 Å². The van der Waals surface area contributed by atoms with E-state index in [2.05, 4.69) is 20.8 Å². The van der Waals surface area contributed by atoms with Crippen molar-refractivity contribution < 1.29 is 9.32 Å². The molecule has 6 nitrogen and oxygen atoms in total. The summed E-state index contributed by atoms with van der Waals surface area (Å²) in [7, 11) is 0. The number of benzene rings is 1. The van der Waals surface area contributed by atoms with Crippen LogP contribution in [0.1, 0.15) is 29.0 Å². The van der Waals surface area contributed by atoms with Gasteiger partial charge in [-0.15, -0.1) is 12.4 Å². The van der Waals surface area contributed by atoms with Gasteiger partial charge in [-0.25, -0.2) is 0 Å². The standard InChI is InChI=1S/C15H18N4O2.ClH/c1-10-17-15(21-19-10)13-7-3-2-6-12(13)14(20)18-11-5-4-8-16-9-11;/h2-3,6-7,11,16H,4-5,8-9H2,1H3,(H,18,20);1H. The van der Waals surface area contributed by atoms with Crippen molar-refractivity contribution in [2.75, 3.05) is 13.1 Å². The van der Waals surface area contributed by atoms with Gasteiger partial charge in [-0.3, -0.25) is 4.79 Å². The second kappa shape index (κ2) is 7.38. The third kappa shape index (κ3) is 3.64. The van der Waals surface area contributed by atoms with Gasteiger partial charge in [-0.1, -0.05) is 17.3 Å². The summed E-state index contributed by atoms with van der Waals surface area (Å²) in [6.45, 7) is 3.58. The molecular formula is C15H19ClN4O2. The van der Waals surface area contributed by atoms with Gasteiger partial charge in [0.1, 0.15) is 0 Å². The number of carbonyl (C=O) groups excluding carboxylic acids is 1. The Morgan fingerprint density at radius 1 is 1.41 bits per heavy atom. The predicted octanol–water partition coefficient (Wildman–Crippen LogP) is 1.95. The van der Waals surface area contributed by atoms with Gasteiger partial charge in [0.15, 0.2) is 5.82 Å². The van der Waals surface area contributed by atoms with Gasteiger partial charge in [0.25, 0.3) is 11.8 Å². The van der Waals surface area contributed by atoms with Crippen molar-refractivity contribution in [3.05, 3.63) is 35.7 Å². The Labute approximate surface area is 135 Å². The SMILES string of the molecule is Cc1noc(-c2ccccc2C(=O)NC2CCCNC2)n1.Cl. The van der Waals surface area contributed by atoms with Crippen LogP contribution in [0.2, 0.25) is 0 Å². The molecule has 0 aliphatic carbocycles. The van der Waals surface area contributed by atoms with Gasteiger partial charge in [0.05, 0.1) is 11.1 Å². The molecule has 1 aromatic carbocycles. The lowest BCUT2D eigenvalue weighted by molar-refractivity contribution is 0.0931. The Bertz CT molecular complexity index is 638. The van der Waals surface area contributed by atoms with Gasteiger partial charge in [0.2, 0.25) is 0 Å². The molecule has 1 fully saturated rings. The van der Waals surface area contributed by atoms with Crippen LogP contribution in [-0.4, -0.2) is 35.2 Å². The molecule has 3 rings (SSSR count). The summed E-state index contributed by atoms with van der Waals surface area (Å²) >= 11 is 0. The van der Waals surface area contributed by atoms with E-state index >= 15 is 0 Å². The first-order chi connectivity index (χ1) is 10.2. The monoisotopic (exact) mass is 322 g/mol. The van der Waals surface area contributed by atoms with Crippen molar-refractivity contribution >= 4 is 18.3 Å². The highest BCUT2D eigenvalue weighted by Gasteiger charge is 2.20. The summed E-state index contributed by atoms with van der Waals surface area (Å²) < 4.78 is 5.18. The zero-order valence-corrected chi connectivity index (χ0v) is 13.2. The van der Waals surface area contributed by atoms with Crippen LogP contribution in [0.25, 0.3) is 11.5 Å². The first-order valence-electron chi connectivity index (χ1n) is 7.15. The highest BCUT2D eigenvalue weighted by Crippen LogP contribution is 2.22. The number of nitrogens with zero attached hydrogens (tertiary/aromatic N) is 2. The number of aromatic nitrogens is 2. The van der Waals surface area contributed by atoms with E-state index in [0.29, 0.717) is 22.8 Å². The van der Waals surface area contributed by atoms with Crippen molar-refractivity contribution in [2.24, 2.45) is 0 Å². The van der Waals surface area contributed by atoms with Crippen LogP contribution >= 0.6 is 12.4 Å². The van der Waals surface area contributed by atoms with E-state index in [1.807, 2.05) is 18.2 Å². The molecule has 1 aliphatic heterocycles. The number of piperidine rings is 1. The molecule has 2 heterocycles. The van der Waals surface area contributed by atoms with Crippen LogP contribution in [0.15, 0.2) is 28.8 Å². The summed E-state index contributed by atoms with van der Waals surface area (Å²) in [6, 6.07) is 7.46. The van der Waals surface area contributed by atoms with Crippen LogP contribution in [-0.2, 0) is 0 Å². The largest absolute Gasteiger partial charge is 0.348 e. The van der Waals surface area contributed by atoms with Crippen molar-refractivity contribution in [1.29, 1.82) is 0 Å². The first kappa shape index (κ1) is 16.5. The summed E-state index contributed by atoms with van der Waals surface area (Å²) in [6.07, 6.45) is 2.08. The van der Waals surface area contributed by atoms with E-state index in [4.69, 9.17) is 4.52 Å². The van der Waals surface area contributed by atoms with Gasteiger partial charge in [-0.2, -0.15) is 4.98 Å². The second-order valence-electron chi connectivity index (χ2n) is 5.21. The zero-order valence-electron chi connectivity index (χ0n) is 12.3. The molecule has 1 aliphatic rings. The van der Waals surface area contributed by atoms with E-state index in [9.17, 15) is 4.79 Å². The molecule has 1 saturated heterocycles. The molecule has 1 atom stereocenters. The maximum Gasteiger partial charge on any atom is 0.258 e. The number of hydrogen-bond acceptors (Lipinski definition) is 5. The number of aryl methyl sites for hydroxylation is 1. The van der Waals surface area contributed by atoms with E-state index in [-0.39, 0.29) is 24.4 Å². The van der Waals surface area contributed by atoms with Crippen molar-refractivity contribution in [3.8, 4) is 11.5 Å². The molecule has 22 heavy (non-hydrogen) atoms. The average Bonchev–Trinajstić information content (AvgIpc) is 2.95. The Morgan fingerprint density at radius 3 is 2.91 bits per heavy atom. The third-order valence-corrected chi connectivity index (χ3v) is 3.56. The van der Waals surface area contributed by atoms with Crippen molar-refractivity contribution in [2.45, 2.75) is 25.8 Å². The van der Waals surface area contributed by atoms with Crippen molar-refractivity contribution in [1.82, 2.24) is 20.8 Å². The Balaban J connectivity index is 0.00000176. The van der Waals surface area contributed by atoms with E-state index < -0.39 is 0 Å². The van der Waals surface area contributed by atoms with E-state index in [1.165, 1.54) is 0 Å². The van der Waals surface area contributed by atoms with E-state index in [0.717, 1.165) is 25.9 Å². The van der Waals surface area contributed by atoms with Crippen molar-refractivity contribution in [3.63, 3.8) is 0 Å². The maximum atomic E-state index is 12.5. The van der Waals surface area contributed by atoms with Crippen LogP contribution in [0.4, 0.5) is 0 Å². The molecule has 1 amide bonds. The Hall–Kier alpha value is -1.92. The molecule has 0 bridgehead atoms. The molecule has 1 unspecified atom stereocenters. The minimum absolute atomic E-state index is 0. The zero-order chi connectivity index (χ0) is 14.7. The Morgan fingerprint density at radius 2 is 2.23 bits per heavy atom. The third-order valence-electron chi connectivity index (χ3n) is 3.56. The Kier molecular flexibility index (Phi) is 5.51. The normalized spacial score (nSPS) is 17.6. The summed E-state index contributed by atoms with van der Waals surface area (Å²) in [5, 5.41) is 10.1. The fourth-order valence-corrected chi connectivity index (χ4v) is 2.51. The molecule has 0 saturated carbocycles. The fourth-order valence-electron chi connectivity index (χ4n) is 2.51. The first-order valence-corrected chi connectivity index (χ1v) is 7.15. The smallest absolute Gasteiger partial charge is 0.258 e. The van der Waals surface area contributed by atoms with Crippen LogP contribution in [0.3, 0.4) is 0 Å². The van der Waals surface area contributed by atoms with Gasteiger partial charge < -0.3 is 15.2 Å². The number of carbonyl (C=O) groups is 1. The average molecular weight is 323 g/mol. The van der Waals surface area contributed by atoms with Crippen LogP contribution in [0.5, 0.6) is 0 Å². The van der Waals surface area contributed by atoms with E-state index in [1.54, 1.807) is 13.0 Å². The summed E-state index contributed by atoms with van der Waals surface area (Å²) in [5.41, 5.74) is 1.23. The summed E-state index contributed by atoms with van der Waals surface area (Å²) in [4.78, 5) is 16.7. The molecule has 2 N–H and O–H groups in total. The van der Waals surface area contributed by atoms with Gasteiger partial charge in [-0.05, 0) is 38.4 Å². The minimum atomic E-state index is -0.102. The number of rotatable bonds is 3. The quantitative estimate of drug-likeness (QED) is 0.903. The molecule has 1 aromatic heterocycles. The van der Waals surface area contributed by atoms with Crippen LogP contribution < -0.4 is 10.6 Å². The highest BCUT2D eigenvalue weighted by molar-refractivity contribution is 6.00. The molecule has 2 aromatic rings. The number of nitrogens with one attached hydrogen (secondary N) is 2. The molecule has 0 spiro atoms. The molecule has 0 radical (unpaired) electrons. The molecular weight excluding hydrogens is 304 g/mol. The predicted molar refractivity (Wildman–Crippen MR) is 85.1 cm³/mol. The fraction of sp³-hybridized carbons (Fsp3) is 0.400. The summed E-state index contributed by atoms with van der Waals surface area (Å²) in [5.74, 6) is 0.826. The molecule has 7 heteroatoms. The minimum Gasteiger partial charge on any atom is -0.348 e.